The van der Waals surface area contributed by atoms with Crippen LogP contribution in [0.3, 0.4) is 0 Å². The molecule has 1 fully saturated rings. The van der Waals surface area contributed by atoms with E-state index in [1.54, 1.807) is 23.5 Å². The van der Waals surface area contributed by atoms with Crippen molar-refractivity contribution in [2.24, 2.45) is 0 Å². The molecule has 4 nitrogen and oxygen atoms in total. The largest absolute Gasteiger partial charge is 0.379 e. The maximum Gasteiger partial charge on any atom is 0.183 e. The van der Waals surface area contributed by atoms with Crippen LogP contribution in [0.4, 0.5) is 9.52 Å². The highest BCUT2D eigenvalue weighted by Gasteiger charge is 2.10. The SMILES string of the molecule is Fc1ccc(-c2csc(NCc3ccc(CN4CCOCC4)cc3)n2)cc1. The van der Waals surface area contributed by atoms with Gasteiger partial charge in [0.1, 0.15) is 5.82 Å². The van der Waals surface area contributed by atoms with Crippen LogP contribution in [0.15, 0.2) is 53.9 Å². The molecule has 2 heterocycles. The Labute approximate surface area is 162 Å². The van der Waals surface area contributed by atoms with Gasteiger partial charge in [-0.15, -0.1) is 11.3 Å². The summed E-state index contributed by atoms with van der Waals surface area (Å²) in [6.45, 7) is 5.37. The van der Waals surface area contributed by atoms with E-state index in [0.29, 0.717) is 0 Å². The standard InChI is InChI=1S/C21H22FN3OS/c22-19-7-5-18(6-8-19)20-15-27-21(24-20)23-13-16-1-3-17(4-2-16)14-25-9-11-26-12-10-25/h1-8,15H,9-14H2,(H,23,24). The molecular weight excluding hydrogens is 361 g/mol. The molecule has 0 amide bonds. The summed E-state index contributed by atoms with van der Waals surface area (Å²) in [6, 6.07) is 15.1. The number of thiazole rings is 1. The second kappa shape index (κ2) is 8.61. The van der Waals surface area contributed by atoms with Crippen LogP contribution in [0.25, 0.3) is 11.3 Å². The van der Waals surface area contributed by atoms with E-state index in [0.717, 1.165) is 55.8 Å². The molecule has 0 saturated carbocycles. The monoisotopic (exact) mass is 383 g/mol. The van der Waals surface area contributed by atoms with Gasteiger partial charge >= 0.3 is 0 Å². The zero-order valence-electron chi connectivity index (χ0n) is 15.0. The van der Waals surface area contributed by atoms with Gasteiger partial charge in [-0.05, 0) is 35.4 Å². The number of nitrogens with zero attached hydrogens (tertiary/aromatic N) is 2. The molecule has 1 aromatic heterocycles. The lowest BCUT2D eigenvalue weighted by molar-refractivity contribution is 0.0342. The molecule has 0 spiro atoms. The predicted octanol–water partition coefficient (Wildman–Crippen LogP) is 4.39. The highest BCUT2D eigenvalue weighted by atomic mass is 32.1. The van der Waals surface area contributed by atoms with Crippen molar-refractivity contribution in [3.05, 3.63) is 70.9 Å². The van der Waals surface area contributed by atoms with Crippen LogP contribution < -0.4 is 5.32 Å². The molecule has 1 aliphatic heterocycles. The topological polar surface area (TPSA) is 37.4 Å². The lowest BCUT2D eigenvalue weighted by Gasteiger charge is -2.26. The van der Waals surface area contributed by atoms with Crippen molar-refractivity contribution < 1.29 is 9.13 Å². The Morgan fingerprint density at radius 3 is 2.44 bits per heavy atom. The highest BCUT2D eigenvalue weighted by Crippen LogP contribution is 2.25. The van der Waals surface area contributed by atoms with Crippen molar-refractivity contribution >= 4 is 16.5 Å². The zero-order valence-corrected chi connectivity index (χ0v) is 15.8. The van der Waals surface area contributed by atoms with E-state index in [1.165, 1.54) is 23.3 Å². The minimum atomic E-state index is -0.232. The third kappa shape index (κ3) is 4.91. The van der Waals surface area contributed by atoms with Crippen LogP contribution >= 0.6 is 11.3 Å². The number of benzene rings is 2. The van der Waals surface area contributed by atoms with E-state index in [2.05, 4.69) is 39.5 Å². The zero-order chi connectivity index (χ0) is 18.5. The molecule has 1 N–H and O–H groups in total. The molecule has 1 aliphatic rings. The van der Waals surface area contributed by atoms with Crippen LogP contribution in [0, 0.1) is 5.82 Å². The van der Waals surface area contributed by atoms with Crippen molar-refractivity contribution in [1.82, 2.24) is 9.88 Å². The summed E-state index contributed by atoms with van der Waals surface area (Å²) in [6.07, 6.45) is 0. The Balaban J connectivity index is 1.31. The fourth-order valence-corrected chi connectivity index (χ4v) is 3.78. The molecule has 2 aromatic carbocycles. The van der Waals surface area contributed by atoms with Crippen molar-refractivity contribution in [3.63, 3.8) is 0 Å². The summed E-state index contributed by atoms with van der Waals surface area (Å²) < 4.78 is 18.4. The van der Waals surface area contributed by atoms with Crippen molar-refractivity contribution in [2.45, 2.75) is 13.1 Å². The molecular formula is C21H22FN3OS. The number of hydrogen-bond donors (Lipinski definition) is 1. The summed E-state index contributed by atoms with van der Waals surface area (Å²) in [7, 11) is 0. The second-order valence-corrected chi connectivity index (χ2v) is 7.46. The summed E-state index contributed by atoms with van der Waals surface area (Å²) in [5.74, 6) is -0.232. The van der Waals surface area contributed by atoms with Gasteiger partial charge in [0.25, 0.3) is 0 Å². The molecule has 0 aliphatic carbocycles. The molecule has 4 rings (SSSR count). The van der Waals surface area contributed by atoms with Gasteiger partial charge in [-0.1, -0.05) is 24.3 Å². The van der Waals surface area contributed by atoms with Gasteiger partial charge in [-0.3, -0.25) is 4.90 Å². The lowest BCUT2D eigenvalue weighted by Crippen LogP contribution is -2.35. The van der Waals surface area contributed by atoms with Crippen molar-refractivity contribution in [2.75, 3.05) is 31.6 Å². The average Bonchev–Trinajstić information content (AvgIpc) is 3.18. The molecule has 27 heavy (non-hydrogen) atoms. The van der Waals surface area contributed by atoms with E-state index in [9.17, 15) is 4.39 Å². The van der Waals surface area contributed by atoms with Gasteiger partial charge in [-0.2, -0.15) is 0 Å². The van der Waals surface area contributed by atoms with E-state index in [-0.39, 0.29) is 5.82 Å². The number of hydrogen-bond acceptors (Lipinski definition) is 5. The predicted molar refractivity (Wildman–Crippen MR) is 107 cm³/mol. The van der Waals surface area contributed by atoms with Gasteiger partial charge in [0.05, 0.1) is 18.9 Å². The number of anilines is 1. The van der Waals surface area contributed by atoms with E-state index < -0.39 is 0 Å². The number of ether oxygens (including phenoxy) is 1. The van der Waals surface area contributed by atoms with Crippen LogP contribution in [0.1, 0.15) is 11.1 Å². The molecule has 3 aromatic rings. The Morgan fingerprint density at radius 1 is 1.00 bits per heavy atom. The molecule has 0 unspecified atom stereocenters. The summed E-state index contributed by atoms with van der Waals surface area (Å²) in [4.78, 5) is 7.01. The molecule has 0 atom stereocenters. The summed E-state index contributed by atoms with van der Waals surface area (Å²) >= 11 is 1.56. The average molecular weight is 383 g/mol. The maximum atomic E-state index is 13.0. The highest BCUT2D eigenvalue weighted by molar-refractivity contribution is 7.14. The van der Waals surface area contributed by atoms with Gasteiger partial charge in [0, 0.05) is 37.1 Å². The van der Waals surface area contributed by atoms with Crippen molar-refractivity contribution in [1.29, 1.82) is 0 Å². The van der Waals surface area contributed by atoms with E-state index in [1.807, 2.05) is 5.38 Å². The number of halogens is 1. The first-order valence-corrected chi connectivity index (χ1v) is 9.97. The molecule has 0 bridgehead atoms. The van der Waals surface area contributed by atoms with Gasteiger partial charge < -0.3 is 10.1 Å². The Hall–Kier alpha value is -2.28. The number of aromatic nitrogens is 1. The molecule has 140 valence electrons. The van der Waals surface area contributed by atoms with Crippen LogP contribution in [0.5, 0.6) is 0 Å². The number of rotatable bonds is 6. The first kappa shape index (κ1) is 18.1. The fraction of sp³-hybridized carbons (Fsp3) is 0.286. The van der Waals surface area contributed by atoms with Crippen molar-refractivity contribution in [3.8, 4) is 11.3 Å². The minimum absolute atomic E-state index is 0.232. The molecule has 6 heteroatoms. The third-order valence-corrected chi connectivity index (χ3v) is 5.42. The quantitative estimate of drug-likeness (QED) is 0.685. The third-order valence-electron chi connectivity index (χ3n) is 4.62. The Morgan fingerprint density at radius 2 is 1.70 bits per heavy atom. The normalized spacial score (nSPS) is 15.0. The number of nitrogens with one attached hydrogen (secondary N) is 1. The Kier molecular flexibility index (Phi) is 5.77. The fourth-order valence-electron chi connectivity index (χ4n) is 3.07. The lowest BCUT2D eigenvalue weighted by atomic mass is 10.1. The van der Waals surface area contributed by atoms with Gasteiger partial charge in [-0.25, -0.2) is 9.37 Å². The van der Waals surface area contributed by atoms with Gasteiger partial charge in [0.2, 0.25) is 0 Å². The summed E-state index contributed by atoms with van der Waals surface area (Å²) in [5, 5.41) is 6.22. The Bertz CT molecular complexity index is 858. The van der Waals surface area contributed by atoms with Crippen LogP contribution in [0.2, 0.25) is 0 Å². The second-order valence-electron chi connectivity index (χ2n) is 6.60. The van der Waals surface area contributed by atoms with Crippen LogP contribution in [-0.2, 0) is 17.8 Å². The first-order chi connectivity index (χ1) is 13.3. The maximum absolute atomic E-state index is 13.0. The molecule has 0 radical (unpaired) electrons. The van der Waals surface area contributed by atoms with E-state index in [4.69, 9.17) is 4.74 Å². The summed E-state index contributed by atoms with van der Waals surface area (Å²) in [5.41, 5.74) is 4.34. The molecule has 1 saturated heterocycles. The minimum Gasteiger partial charge on any atom is -0.379 e. The van der Waals surface area contributed by atoms with E-state index >= 15 is 0 Å². The number of morpholine rings is 1. The van der Waals surface area contributed by atoms with Gasteiger partial charge in [0.15, 0.2) is 5.13 Å². The first-order valence-electron chi connectivity index (χ1n) is 9.09. The van der Waals surface area contributed by atoms with Crippen LogP contribution in [-0.4, -0.2) is 36.2 Å². The smallest absolute Gasteiger partial charge is 0.183 e.